The molecule has 2 nitrogen and oxygen atoms in total. The van der Waals surface area contributed by atoms with E-state index in [-0.39, 0.29) is 0 Å². The summed E-state index contributed by atoms with van der Waals surface area (Å²) in [7, 11) is 0. The smallest absolute Gasteiger partial charge is 0.0717 e. The van der Waals surface area contributed by atoms with Gasteiger partial charge in [0.25, 0.3) is 0 Å². The highest BCUT2D eigenvalue weighted by Crippen LogP contribution is 2.21. The fraction of sp³-hybridized carbons (Fsp3) is 0.500. The topological polar surface area (TPSA) is 21.3 Å². The van der Waals surface area contributed by atoms with Gasteiger partial charge in [-0.1, -0.05) is 37.3 Å². The quantitative estimate of drug-likeness (QED) is 0.783. The zero-order valence-corrected chi connectivity index (χ0v) is 8.62. The number of nitrogens with one attached hydrogen (secondary N) is 1. The van der Waals surface area contributed by atoms with Crippen LogP contribution in [0, 0.1) is 5.41 Å². The molecule has 76 valence electrons. The van der Waals surface area contributed by atoms with Gasteiger partial charge in [0.2, 0.25) is 0 Å². The van der Waals surface area contributed by atoms with Gasteiger partial charge in [-0.05, 0) is 5.56 Å². The third-order valence-corrected chi connectivity index (χ3v) is 2.67. The average molecular weight is 191 g/mol. The third-order valence-electron chi connectivity index (χ3n) is 2.67. The van der Waals surface area contributed by atoms with E-state index >= 15 is 0 Å². The fourth-order valence-electron chi connectivity index (χ4n) is 1.64. The van der Waals surface area contributed by atoms with Crippen molar-refractivity contribution in [1.29, 1.82) is 0 Å². The van der Waals surface area contributed by atoms with Gasteiger partial charge in [0, 0.05) is 18.5 Å². The number of benzene rings is 1. The Morgan fingerprint density at radius 3 is 2.57 bits per heavy atom. The first kappa shape index (κ1) is 9.69. The van der Waals surface area contributed by atoms with Crippen LogP contribution >= 0.6 is 0 Å². The highest BCUT2D eigenvalue weighted by molar-refractivity contribution is 5.13. The van der Waals surface area contributed by atoms with Crippen LogP contribution in [0.15, 0.2) is 30.3 Å². The Morgan fingerprint density at radius 1 is 1.29 bits per heavy atom. The Morgan fingerprint density at radius 2 is 2.00 bits per heavy atom. The molecular formula is C12H17NO. The molecule has 0 radical (unpaired) electrons. The van der Waals surface area contributed by atoms with Gasteiger partial charge in [0.15, 0.2) is 0 Å². The van der Waals surface area contributed by atoms with Crippen molar-refractivity contribution < 1.29 is 4.74 Å². The summed E-state index contributed by atoms with van der Waals surface area (Å²) in [4.78, 5) is 0. The van der Waals surface area contributed by atoms with Crippen LogP contribution < -0.4 is 5.32 Å². The summed E-state index contributed by atoms with van der Waals surface area (Å²) in [6.45, 7) is 6.02. The van der Waals surface area contributed by atoms with Crippen LogP contribution in [0.5, 0.6) is 0 Å². The summed E-state index contributed by atoms with van der Waals surface area (Å²) >= 11 is 0. The van der Waals surface area contributed by atoms with Crippen LogP contribution in [0.4, 0.5) is 0 Å². The second-order valence-electron chi connectivity index (χ2n) is 4.39. The number of rotatable bonds is 4. The van der Waals surface area contributed by atoms with Crippen molar-refractivity contribution in [3.05, 3.63) is 35.9 Å². The van der Waals surface area contributed by atoms with E-state index in [0.29, 0.717) is 5.41 Å². The first-order valence-electron chi connectivity index (χ1n) is 5.11. The Balaban J connectivity index is 1.73. The highest BCUT2D eigenvalue weighted by Gasteiger charge is 2.31. The van der Waals surface area contributed by atoms with E-state index < -0.39 is 0 Å². The summed E-state index contributed by atoms with van der Waals surface area (Å²) in [6.07, 6.45) is 0. The predicted octanol–water partition coefficient (Wildman–Crippen LogP) is 1.81. The van der Waals surface area contributed by atoms with Crippen molar-refractivity contribution in [2.75, 3.05) is 19.7 Å². The molecule has 1 heterocycles. The van der Waals surface area contributed by atoms with Gasteiger partial charge in [-0.15, -0.1) is 0 Å². The van der Waals surface area contributed by atoms with E-state index in [9.17, 15) is 0 Å². The van der Waals surface area contributed by atoms with E-state index in [1.54, 1.807) is 0 Å². The molecule has 0 unspecified atom stereocenters. The normalized spacial score (nSPS) is 18.9. The van der Waals surface area contributed by atoms with Crippen LogP contribution in [0.1, 0.15) is 12.5 Å². The zero-order valence-electron chi connectivity index (χ0n) is 8.62. The van der Waals surface area contributed by atoms with Crippen molar-refractivity contribution in [3.8, 4) is 0 Å². The lowest BCUT2D eigenvalue weighted by Crippen LogP contribution is -2.53. The summed E-state index contributed by atoms with van der Waals surface area (Å²) in [5, 5.41) is 3.27. The standard InChI is InChI=1S/C12H17NO/c1-12(8-13-9-12)10-14-7-11-5-3-2-4-6-11/h2-6,13H,7-10H2,1H3. The Kier molecular flexibility index (Phi) is 2.85. The Bertz CT molecular complexity index is 280. The highest BCUT2D eigenvalue weighted by atomic mass is 16.5. The summed E-state index contributed by atoms with van der Waals surface area (Å²) < 4.78 is 5.69. The van der Waals surface area contributed by atoms with Gasteiger partial charge >= 0.3 is 0 Å². The lowest BCUT2D eigenvalue weighted by atomic mass is 9.85. The molecule has 1 aromatic rings. The molecule has 0 aliphatic carbocycles. The summed E-state index contributed by atoms with van der Waals surface area (Å²) in [5.41, 5.74) is 1.62. The van der Waals surface area contributed by atoms with Gasteiger partial charge in [-0.25, -0.2) is 0 Å². The van der Waals surface area contributed by atoms with Crippen molar-refractivity contribution in [1.82, 2.24) is 5.32 Å². The minimum absolute atomic E-state index is 0.370. The van der Waals surface area contributed by atoms with Crippen molar-refractivity contribution >= 4 is 0 Å². The Labute approximate surface area is 85.3 Å². The molecule has 1 aliphatic heterocycles. The monoisotopic (exact) mass is 191 g/mol. The van der Waals surface area contributed by atoms with E-state index in [0.717, 1.165) is 26.3 Å². The van der Waals surface area contributed by atoms with Gasteiger partial charge < -0.3 is 10.1 Å². The fourth-order valence-corrected chi connectivity index (χ4v) is 1.64. The van der Waals surface area contributed by atoms with Crippen LogP contribution in [0.25, 0.3) is 0 Å². The molecule has 0 spiro atoms. The first-order chi connectivity index (χ1) is 6.79. The zero-order chi connectivity index (χ0) is 9.86. The van der Waals surface area contributed by atoms with E-state index in [4.69, 9.17) is 4.74 Å². The molecule has 1 fully saturated rings. The number of ether oxygens (including phenoxy) is 1. The van der Waals surface area contributed by atoms with E-state index in [1.807, 2.05) is 18.2 Å². The molecule has 1 aliphatic rings. The van der Waals surface area contributed by atoms with Crippen LogP contribution in [-0.4, -0.2) is 19.7 Å². The molecule has 0 saturated carbocycles. The van der Waals surface area contributed by atoms with E-state index in [2.05, 4.69) is 24.4 Å². The van der Waals surface area contributed by atoms with Crippen molar-refractivity contribution in [2.45, 2.75) is 13.5 Å². The van der Waals surface area contributed by atoms with Gasteiger partial charge in [0.1, 0.15) is 0 Å². The largest absolute Gasteiger partial charge is 0.376 e. The molecule has 2 rings (SSSR count). The SMILES string of the molecule is CC1(COCc2ccccc2)CNC1. The minimum Gasteiger partial charge on any atom is -0.376 e. The molecule has 0 atom stereocenters. The second kappa shape index (κ2) is 4.11. The maximum absolute atomic E-state index is 5.69. The molecule has 2 heteroatoms. The Hall–Kier alpha value is -0.860. The molecule has 14 heavy (non-hydrogen) atoms. The van der Waals surface area contributed by atoms with Crippen molar-refractivity contribution in [3.63, 3.8) is 0 Å². The van der Waals surface area contributed by atoms with Gasteiger partial charge in [-0.3, -0.25) is 0 Å². The van der Waals surface area contributed by atoms with Crippen molar-refractivity contribution in [2.24, 2.45) is 5.41 Å². The predicted molar refractivity (Wildman–Crippen MR) is 57.1 cm³/mol. The lowest BCUT2D eigenvalue weighted by molar-refractivity contribution is 0.0139. The third kappa shape index (κ3) is 2.34. The first-order valence-corrected chi connectivity index (χ1v) is 5.11. The van der Waals surface area contributed by atoms with Gasteiger partial charge in [0.05, 0.1) is 13.2 Å². The molecular weight excluding hydrogens is 174 g/mol. The minimum atomic E-state index is 0.370. The maximum Gasteiger partial charge on any atom is 0.0717 e. The van der Waals surface area contributed by atoms with Crippen LogP contribution in [0.3, 0.4) is 0 Å². The lowest BCUT2D eigenvalue weighted by Gasteiger charge is -2.38. The average Bonchev–Trinajstić information content (AvgIpc) is 2.17. The van der Waals surface area contributed by atoms with Crippen LogP contribution in [-0.2, 0) is 11.3 Å². The number of hydrogen-bond donors (Lipinski definition) is 1. The second-order valence-corrected chi connectivity index (χ2v) is 4.39. The molecule has 1 N–H and O–H groups in total. The summed E-state index contributed by atoms with van der Waals surface area (Å²) in [6, 6.07) is 10.3. The molecule has 0 amide bonds. The molecule has 0 bridgehead atoms. The summed E-state index contributed by atoms with van der Waals surface area (Å²) in [5.74, 6) is 0. The van der Waals surface area contributed by atoms with Gasteiger partial charge in [-0.2, -0.15) is 0 Å². The molecule has 0 aromatic heterocycles. The van der Waals surface area contributed by atoms with Crippen LogP contribution in [0.2, 0.25) is 0 Å². The molecule has 1 aromatic carbocycles. The number of hydrogen-bond acceptors (Lipinski definition) is 2. The maximum atomic E-state index is 5.69. The molecule has 1 saturated heterocycles. The van der Waals surface area contributed by atoms with E-state index in [1.165, 1.54) is 5.56 Å².